The van der Waals surface area contributed by atoms with Crippen molar-refractivity contribution in [2.24, 2.45) is 5.73 Å². The number of hydrogen-bond donors (Lipinski definition) is 3. The summed E-state index contributed by atoms with van der Waals surface area (Å²) in [4.78, 5) is 25.3. The fourth-order valence-electron chi connectivity index (χ4n) is 4.44. The Kier molecular flexibility index (Phi) is 3.61. The van der Waals surface area contributed by atoms with E-state index in [2.05, 4.69) is 5.32 Å². The van der Waals surface area contributed by atoms with E-state index in [-0.39, 0.29) is 34.1 Å². The van der Waals surface area contributed by atoms with Gasteiger partial charge in [-0.2, -0.15) is 5.26 Å². The zero-order valence-corrected chi connectivity index (χ0v) is 16.4. The highest BCUT2D eigenvalue weighted by Gasteiger charge is 2.58. The lowest BCUT2D eigenvalue weighted by Gasteiger charge is -2.34. The standard InChI is InChI=1S/C22H15N3O6/c1-9-5-16(27)30-15-7-14(26)18-19(17(9)15)31-20(24)12(8-23)22(18)11-6-10(29-2)3-4-13(11)25-21(22)28/h3-7,26H,24H2,1-2H3,(H,25,28). The van der Waals surface area contributed by atoms with Crippen molar-refractivity contribution < 1.29 is 23.8 Å². The lowest BCUT2D eigenvalue weighted by molar-refractivity contribution is -0.118. The van der Waals surface area contributed by atoms with Gasteiger partial charge in [-0.15, -0.1) is 0 Å². The number of carbonyl (C=O) groups excluding carboxylic acids is 1. The molecule has 2 aliphatic rings. The maximum Gasteiger partial charge on any atom is 0.336 e. The number of fused-ring (bicyclic) bond motifs is 6. The largest absolute Gasteiger partial charge is 0.507 e. The Morgan fingerprint density at radius 3 is 2.74 bits per heavy atom. The van der Waals surface area contributed by atoms with E-state index >= 15 is 0 Å². The van der Waals surface area contributed by atoms with Gasteiger partial charge in [0.1, 0.15) is 39.9 Å². The molecule has 2 aliphatic heterocycles. The van der Waals surface area contributed by atoms with E-state index in [1.165, 1.54) is 19.2 Å². The number of benzene rings is 2. The van der Waals surface area contributed by atoms with Gasteiger partial charge in [0.2, 0.25) is 11.8 Å². The highest BCUT2D eigenvalue weighted by Crippen LogP contribution is 2.58. The van der Waals surface area contributed by atoms with Crippen LogP contribution in [0.4, 0.5) is 5.69 Å². The average molecular weight is 417 g/mol. The van der Waals surface area contributed by atoms with Crippen LogP contribution in [0, 0.1) is 18.3 Å². The summed E-state index contributed by atoms with van der Waals surface area (Å²) in [5, 5.41) is 24.1. The van der Waals surface area contributed by atoms with Crippen LogP contribution in [-0.2, 0) is 10.2 Å². The number of anilines is 1. The SMILES string of the molecule is COc1ccc2c(c1)C1(C(=O)N2)C(C#N)=C(N)Oc2c1c(O)cc1oc(=O)cc(C)c21. The molecule has 31 heavy (non-hydrogen) atoms. The summed E-state index contributed by atoms with van der Waals surface area (Å²) in [5.41, 5.74) is 4.97. The van der Waals surface area contributed by atoms with E-state index in [4.69, 9.17) is 19.6 Å². The molecule has 0 aliphatic carbocycles. The van der Waals surface area contributed by atoms with Crippen LogP contribution in [0.1, 0.15) is 16.7 Å². The highest BCUT2D eigenvalue weighted by atomic mass is 16.5. The van der Waals surface area contributed by atoms with Gasteiger partial charge in [0.15, 0.2) is 0 Å². The number of aryl methyl sites for hydroxylation is 1. The summed E-state index contributed by atoms with van der Waals surface area (Å²) in [6.07, 6.45) is 0. The van der Waals surface area contributed by atoms with Crippen molar-refractivity contribution in [1.82, 2.24) is 0 Å². The van der Waals surface area contributed by atoms with Crippen molar-refractivity contribution in [3.63, 3.8) is 0 Å². The fraction of sp³-hybridized carbons (Fsp3) is 0.136. The number of phenols is 1. The Morgan fingerprint density at radius 1 is 1.26 bits per heavy atom. The molecule has 3 heterocycles. The van der Waals surface area contributed by atoms with Gasteiger partial charge >= 0.3 is 5.63 Å². The van der Waals surface area contributed by atoms with Crippen LogP contribution >= 0.6 is 0 Å². The van der Waals surface area contributed by atoms with Gasteiger partial charge in [0.05, 0.1) is 18.1 Å². The third-order valence-corrected chi connectivity index (χ3v) is 5.70. The Balaban J connectivity index is 2.01. The first-order valence-corrected chi connectivity index (χ1v) is 9.22. The second kappa shape index (κ2) is 6.03. The van der Waals surface area contributed by atoms with Crippen molar-refractivity contribution in [2.75, 3.05) is 12.4 Å². The minimum absolute atomic E-state index is 0.0344. The smallest absolute Gasteiger partial charge is 0.336 e. The Labute approximate surface area is 174 Å². The molecule has 154 valence electrons. The molecule has 1 spiro atoms. The number of nitrogens with two attached hydrogens (primary N) is 1. The molecule has 3 aromatic rings. The number of hydrogen-bond acceptors (Lipinski definition) is 8. The number of nitrogens with one attached hydrogen (secondary N) is 1. The van der Waals surface area contributed by atoms with Crippen LogP contribution in [0.3, 0.4) is 0 Å². The van der Waals surface area contributed by atoms with Crippen molar-refractivity contribution in [2.45, 2.75) is 12.3 Å². The number of nitriles is 1. The number of nitrogens with zero attached hydrogens (tertiary/aromatic N) is 1. The summed E-state index contributed by atoms with van der Waals surface area (Å²) in [5.74, 6) is -0.773. The van der Waals surface area contributed by atoms with Gasteiger partial charge in [-0.25, -0.2) is 4.79 Å². The molecule has 9 heteroatoms. The maximum atomic E-state index is 13.5. The first-order chi connectivity index (χ1) is 14.8. The Hall–Kier alpha value is -4.45. The first-order valence-electron chi connectivity index (χ1n) is 9.22. The highest BCUT2D eigenvalue weighted by molar-refractivity contribution is 6.14. The molecule has 0 fully saturated rings. The number of phenolic OH excluding ortho intramolecular Hbond substituents is 1. The van der Waals surface area contributed by atoms with Crippen LogP contribution in [0.2, 0.25) is 0 Å². The summed E-state index contributed by atoms with van der Waals surface area (Å²) < 4.78 is 16.3. The molecule has 0 radical (unpaired) electrons. The molecule has 9 nitrogen and oxygen atoms in total. The molecule has 1 amide bonds. The van der Waals surface area contributed by atoms with E-state index in [0.717, 1.165) is 0 Å². The van der Waals surface area contributed by atoms with Gasteiger partial charge < -0.3 is 30.0 Å². The summed E-state index contributed by atoms with van der Waals surface area (Å²) >= 11 is 0. The van der Waals surface area contributed by atoms with E-state index in [1.807, 2.05) is 6.07 Å². The predicted octanol–water partition coefficient (Wildman–Crippen LogP) is 2.14. The van der Waals surface area contributed by atoms with Gasteiger partial charge in [-0.3, -0.25) is 4.79 Å². The number of methoxy groups -OCH3 is 1. The molecule has 1 atom stereocenters. The number of amides is 1. The quantitative estimate of drug-likeness (QED) is 0.510. The second-order valence-electron chi connectivity index (χ2n) is 7.29. The van der Waals surface area contributed by atoms with Gasteiger partial charge in [0, 0.05) is 23.4 Å². The molecule has 0 saturated heterocycles. The molecule has 2 aromatic carbocycles. The predicted molar refractivity (Wildman–Crippen MR) is 109 cm³/mol. The van der Waals surface area contributed by atoms with Crippen molar-refractivity contribution >= 4 is 22.6 Å². The average Bonchev–Trinajstić information content (AvgIpc) is 2.99. The van der Waals surface area contributed by atoms with Crippen molar-refractivity contribution in [3.8, 4) is 23.3 Å². The molecule has 0 bridgehead atoms. The van der Waals surface area contributed by atoms with Crippen LogP contribution < -0.4 is 26.1 Å². The topological polar surface area (TPSA) is 148 Å². The van der Waals surface area contributed by atoms with Crippen LogP contribution in [0.25, 0.3) is 11.0 Å². The Bertz CT molecular complexity index is 1460. The van der Waals surface area contributed by atoms with Gasteiger partial charge in [-0.1, -0.05) is 0 Å². The molecule has 5 rings (SSSR count). The number of rotatable bonds is 1. The van der Waals surface area contributed by atoms with Crippen LogP contribution in [-0.4, -0.2) is 18.1 Å². The number of carbonyl (C=O) groups is 1. The fourth-order valence-corrected chi connectivity index (χ4v) is 4.44. The van der Waals surface area contributed by atoms with Crippen LogP contribution in [0.15, 0.2) is 51.0 Å². The zero-order chi connectivity index (χ0) is 22.1. The molecule has 1 aromatic heterocycles. The minimum Gasteiger partial charge on any atom is -0.507 e. The third kappa shape index (κ3) is 2.18. The number of aromatic hydroxyl groups is 1. The maximum absolute atomic E-state index is 13.5. The van der Waals surface area contributed by atoms with Crippen molar-refractivity contribution in [3.05, 3.63) is 68.9 Å². The Morgan fingerprint density at radius 2 is 2.03 bits per heavy atom. The normalized spacial score (nSPS) is 18.9. The monoisotopic (exact) mass is 417 g/mol. The molecular formula is C22H15N3O6. The summed E-state index contributed by atoms with van der Waals surface area (Å²) in [7, 11) is 1.47. The van der Waals surface area contributed by atoms with Gasteiger partial charge in [0.25, 0.3) is 0 Å². The van der Waals surface area contributed by atoms with E-state index in [9.17, 15) is 20.0 Å². The number of ether oxygens (including phenoxy) is 2. The van der Waals surface area contributed by atoms with E-state index < -0.39 is 16.9 Å². The lowest BCUT2D eigenvalue weighted by atomic mass is 9.68. The molecule has 0 saturated carbocycles. The van der Waals surface area contributed by atoms with E-state index in [1.54, 1.807) is 25.1 Å². The van der Waals surface area contributed by atoms with E-state index in [0.29, 0.717) is 28.0 Å². The van der Waals surface area contributed by atoms with Crippen molar-refractivity contribution in [1.29, 1.82) is 5.26 Å². The first kappa shape index (κ1) is 18.6. The van der Waals surface area contributed by atoms with Crippen LogP contribution in [0.5, 0.6) is 17.2 Å². The third-order valence-electron chi connectivity index (χ3n) is 5.70. The second-order valence-corrected chi connectivity index (χ2v) is 7.29. The molecule has 1 unspecified atom stereocenters. The summed E-state index contributed by atoms with van der Waals surface area (Å²) in [6.45, 7) is 1.66. The molecular weight excluding hydrogens is 402 g/mol. The summed E-state index contributed by atoms with van der Waals surface area (Å²) in [6, 6.07) is 9.39. The zero-order valence-electron chi connectivity index (χ0n) is 16.4. The lowest BCUT2D eigenvalue weighted by Crippen LogP contribution is -2.42. The minimum atomic E-state index is -1.78. The van der Waals surface area contributed by atoms with Gasteiger partial charge in [-0.05, 0) is 30.7 Å². The molecule has 4 N–H and O–H groups in total.